The highest BCUT2D eigenvalue weighted by atomic mass is 19.1. The Balaban J connectivity index is 1.93. The fraction of sp³-hybridized carbons (Fsp3) is 0.200. The summed E-state index contributed by atoms with van der Waals surface area (Å²) < 4.78 is 41.1. The lowest BCUT2D eigenvalue weighted by Gasteiger charge is -2.12. The average Bonchev–Trinajstić information content (AvgIpc) is 3.37. The van der Waals surface area contributed by atoms with Gasteiger partial charge >= 0.3 is 11.7 Å². The highest BCUT2D eigenvalue weighted by Gasteiger charge is 2.21. The topological polar surface area (TPSA) is 101 Å². The normalized spacial score (nSPS) is 11.2. The van der Waals surface area contributed by atoms with Crippen molar-refractivity contribution in [1.29, 1.82) is 0 Å². The summed E-state index contributed by atoms with van der Waals surface area (Å²) >= 11 is 0. The Morgan fingerprint density at radius 1 is 1.19 bits per heavy atom. The van der Waals surface area contributed by atoms with Gasteiger partial charge in [-0.2, -0.15) is 0 Å². The number of imidazole rings is 1. The molecule has 0 atom stereocenters. The van der Waals surface area contributed by atoms with E-state index in [0.29, 0.717) is 11.8 Å². The standard InChI is InChI=1S/C20H16F2N4O5/c1-3-25-18(27)16-17(26(20(25)29)14-6-4-11(21)8-13(14)22)23-10-24(16)9-12-5-7-15(31-12)19(28)30-2/h4-8,10H,3,9H2,1-2H3. The number of carbonyl (C=O) groups is 1. The molecule has 1 aromatic carbocycles. The van der Waals surface area contributed by atoms with Crippen LogP contribution in [0.25, 0.3) is 16.9 Å². The number of benzene rings is 1. The molecule has 0 amide bonds. The van der Waals surface area contributed by atoms with Crippen LogP contribution < -0.4 is 11.2 Å². The smallest absolute Gasteiger partial charge is 0.373 e. The van der Waals surface area contributed by atoms with Crippen LogP contribution in [0.2, 0.25) is 0 Å². The van der Waals surface area contributed by atoms with Crippen LogP contribution in [0.1, 0.15) is 23.2 Å². The van der Waals surface area contributed by atoms with E-state index >= 15 is 0 Å². The van der Waals surface area contributed by atoms with Gasteiger partial charge in [0.05, 0.1) is 25.7 Å². The Bertz CT molecular complexity index is 1430. The zero-order chi connectivity index (χ0) is 22.3. The van der Waals surface area contributed by atoms with E-state index in [1.165, 1.54) is 30.1 Å². The van der Waals surface area contributed by atoms with E-state index in [0.717, 1.165) is 21.3 Å². The lowest BCUT2D eigenvalue weighted by atomic mass is 10.3. The molecule has 0 spiro atoms. The van der Waals surface area contributed by atoms with Crippen molar-refractivity contribution in [3.8, 4) is 5.69 Å². The number of ether oxygens (including phenoxy) is 1. The average molecular weight is 430 g/mol. The summed E-state index contributed by atoms with van der Waals surface area (Å²) in [7, 11) is 1.22. The molecule has 9 nitrogen and oxygen atoms in total. The zero-order valence-corrected chi connectivity index (χ0v) is 16.5. The van der Waals surface area contributed by atoms with Crippen molar-refractivity contribution in [2.75, 3.05) is 7.11 Å². The summed E-state index contributed by atoms with van der Waals surface area (Å²) in [6, 6.07) is 5.71. The maximum Gasteiger partial charge on any atom is 0.373 e. The van der Waals surface area contributed by atoms with Crippen LogP contribution in [0.5, 0.6) is 0 Å². The summed E-state index contributed by atoms with van der Waals surface area (Å²) in [5.74, 6) is -2.13. The lowest BCUT2D eigenvalue weighted by molar-refractivity contribution is 0.0563. The molecule has 0 aliphatic carbocycles. The van der Waals surface area contributed by atoms with Crippen LogP contribution in [0.3, 0.4) is 0 Å². The minimum absolute atomic E-state index is 0.0105. The lowest BCUT2D eigenvalue weighted by Crippen LogP contribution is -2.39. The summed E-state index contributed by atoms with van der Waals surface area (Å²) in [6.07, 6.45) is 1.30. The Hall–Kier alpha value is -4.02. The zero-order valence-electron chi connectivity index (χ0n) is 16.5. The Kier molecular flexibility index (Phi) is 5.01. The van der Waals surface area contributed by atoms with Crippen molar-refractivity contribution < 1.29 is 22.7 Å². The fourth-order valence-corrected chi connectivity index (χ4v) is 3.30. The molecule has 3 heterocycles. The van der Waals surface area contributed by atoms with Crippen molar-refractivity contribution in [1.82, 2.24) is 18.7 Å². The molecule has 0 saturated heterocycles. The largest absolute Gasteiger partial charge is 0.463 e. The number of carbonyl (C=O) groups excluding carboxylic acids is 1. The second kappa shape index (κ2) is 7.67. The monoisotopic (exact) mass is 430 g/mol. The van der Waals surface area contributed by atoms with Gasteiger partial charge in [-0.25, -0.2) is 27.9 Å². The molecule has 0 aliphatic rings. The summed E-state index contributed by atoms with van der Waals surface area (Å²) in [6.45, 7) is 1.63. The molecular formula is C20H16F2N4O5. The maximum atomic E-state index is 14.5. The summed E-state index contributed by atoms with van der Waals surface area (Å²) in [5, 5.41) is 0. The highest BCUT2D eigenvalue weighted by Crippen LogP contribution is 2.19. The SMILES string of the molecule is CCn1c(=O)c2c(ncn2Cc2ccc(C(=O)OC)o2)n(-c2ccc(F)cc2F)c1=O. The quantitative estimate of drug-likeness (QED) is 0.450. The Morgan fingerprint density at radius 3 is 2.65 bits per heavy atom. The van der Waals surface area contributed by atoms with Gasteiger partial charge in [-0.3, -0.25) is 9.36 Å². The molecule has 0 N–H and O–H groups in total. The first kappa shape index (κ1) is 20.3. The first-order valence-electron chi connectivity index (χ1n) is 9.18. The number of nitrogens with zero attached hydrogens (tertiary/aromatic N) is 4. The van der Waals surface area contributed by atoms with Crippen molar-refractivity contribution in [3.63, 3.8) is 0 Å². The molecule has 0 radical (unpaired) electrons. The van der Waals surface area contributed by atoms with Gasteiger partial charge in [-0.1, -0.05) is 0 Å². The molecule has 3 aromatic heterocycles. The summed E-state index contributed by atoms with van der Waals surface area (Å²) in [5.41, 5.74) is -1.75. The van der Waals surface area contributed by atoms with Crippen molar-refractivity contribution in [2.24, 2.45) is 0 Å². The number of hydrogen-bond donors (Lipinski definition) is 0. The number of hydrogen-bond acceptors (Lipinski definition) is 6. The first-order chi connectivity index (χ1) is 14.8. The van der Waals surface area contributed by atoms with Gasteiger partial charge < -0.3 is 13.7 Å². The molecule has 11 heteroatoms. The molecule has 0 saturated carbocycles. The Morgan fingerprint density at radius 2 is 1.97 bits per heavy atom. The van der Waals surface area contributed by atoms with Gasteiger partial charge in [0.2, 0.25) is 5.76 Å². The van der Waals surface area contributed by atoms with Crippen LogP contribution in [-0.2, 0) is 17.8 Å². The molecule has 0 fully saturated rings. The van der Waals surface area contributed by atoms with E-state index in [2.05, 4.69) is 9.72 Å². The molecule has 4 aromatic rings. The number of rotatable bonds is 5. The third kappa shape index (κ3) is 3.33. The van der Waals surface area contributed by atoms with Crippen LogP contribution >= 0.6 is 0 Å². The van der Waals surface area contributed by atoms with E-state index in [1.54, 1.807) is 6.92 Å². The molecule has 0 unspecified atom stereocenters. The van der Waals surface area contributed by atoms with Crippen molar-refractivity contribution in [3.05, 3.63) is 80.7 Å². The van der Waals surface area contributed by atoms with Crippen molar-refractivity contribution in [2.45, 2.75) is 20.0 Å². The van der Waals surface area contributed by atoms with E-state index in [9.17, 15) is 23.2 Å². The number of esters is 1. The van der Waals surface area contributed by atoms with E-state index in [1.807, 2.05) is 0 Å². The molecule has 0 bridgehead atoms. The fourth-order valence-electron chi connectivity index (χ4n) is 3.30. The molecule has 0 aliphatic heterocycles. The number of aromatic nitrogens is 4. The first-order valence-corrected chi connectivity index (χ1v) is 9.18. The maximum absolute atomic E-state index is 14.5. The number of fused-ring (bicyclic) bond motifs is 1. The second-order valence-corrected chi connectivity index (χ2v) is 6.57. The predicted octanol–water partition coefficient (Wildman–Crippen LogP) is 2.07. The molecule has 4 rings (SSSR count). The number of furan rings is 1. The van der Waals surface area contributed by atoms with Crippen LogP contribution in [-0.4, -0.2) is 31.8 Å². The second-order valence-electron chi connectivity index (χ2n) is 6.57. The van der Waals surface area contributed by atoms with Gasteiger partial charge in [-0.15, -0.1) is 0 Å². The van der Waals surface area contributed by atoms with Crippen LogP contribution in [0.15, 0.2) is 50.7 Å². The van der Waals surface area contributed by atoms with Gasteiger partial charge in [0.1, 0.15) is 17.4 Å². The molecular weight excluding hydrogens is 414 g/mol. The van der Waals surface area contributed by atoms with Crippen LogP contribution in [0, 0.1) is 11.6 Å². The van der Waals surface area contributed by atoms with Gasteiger partial charge in [0.25, 0.3) is 5.56 Å². The van der Waals surface area contributed by atoms with E-state index in [4.69, 9.17) is 4.42 Å². The van der Waals surface area contributed by atoms with Gasteiger partial charge in [0.15, 0.2) is 11.2 Å². The predicted molar refractivity (Wildman–Crippen MR) is 104 cm³/mol. The van der Waals surface area contributed by atoms with E-state index in [-0.39, 0.29) is 35.7 Å². The highest BCUT2D eigenvalue weighted by molar-refractivity contribution is 5.86. The van der Waals surface area contributed by atoms with Crippen molar-refractivity contribution >= 4 is 17.1 Å². The minimum atomic E-state index is -0.979. The Labute approximate surface area is 172 Å². The molecule has 31 heavy (non-hydrogen) atoms. The van der Waals surface area contributed by atoms with Crippen LogP contribution in [0.4, 0.5) is 8.78 Å². The summed E-state index contributed by atoms with van der Waals surface area (Å²) in [4.78, 5) is 41.6. The van der Waals surface area contributed by atoms with Gasteiger partial charge in [0, 0.05) is 12.6 Å². The molecule has 160 valence electrons. The third-order valence-corrected chi connectivity index (χ3v) is 4.74. The number of methoxy groups -OCH3 is 1. The van der Waals surface area contributed by atoms with E-state index < -0.39 is 28.9 Å². The minimum Gasteiger partial charge on any atom is -0.463 e. The number of halogens is 2. The van der Waals surface area contributed by atoms with Gasteiger partial charge in [-0.05, 0) is 31.2 Å². The third-order valence-electron chi connectivity index (χ3n) is 4.74.